The molecule has 1 heterocycles. The van der Waals surface area contributed by atoms with Crippen molar-refractivity contribution < 1.29 is 12.6 Å². The van der Waals surface area contributed by atoms with Crippen LogP contribution >= 0.6 is 0 Å². The third-order valence-electron chi connectivity index (χ3n) is 9.91. The molecular formula is C49H32O. The summed E-state index contributed by atoms with van der Waals surface area (Å²) in [7, 11) is 0. The summed E-state index contributed by atoms with van der Waals surface area (Å²) in [5.74, 6) is 0. The maximum absolute atomic E-state index is 9.65. The van der Waals surface area contributed by atoms with E-state index in [2.05, 4.69) is 54.6 Å². The molecule has 1 heteroatoms. The van der Waals surface area contributed by atoms with Gasteiger partial charge in [0.2, 0.25) is 0 Å². The van der Waals surface area contributed by atoms with E-state index in [1.807, 2.05) is 91.0 Å². The first-order valence-electron chi connectivity index (χ1n) is 19.8. The second-order valence-corrected chi connectivity index (χ2v) is 12.7. The average Bonchev–Trinajstić information content (AvgIpc) is 3.62. The van der Waals surface area contributed by atoms with Gasteiger partial charge < -0.3 is 4.42 Å². The van der Waals surface area contributed by atoms with E-state index < -0.39 is 0 Å². The van der Waals surface area contributed by atoms with E-state index in [0.717, 1.165) is 60.1 Å². The third kappa shape index (κ3) is 4.55. The Labute approximate surface area is 299 Å². The Balaban J connectivity index is 1.26. The van der Waals surface area contributed by atoms with Crippen LogP contribution in [0.25, 0.3) is 87.6 Å². The summed E-state index contributed by atoms with van der Waals surface area (Å²) in [5, 5.41) is 6.28. The van der Waals surface area contributed by atoms with Crippen molar-refractivity contribution in [2.24, 2.45) is 0 Å². The van der Waals surface area contributed by atoms with Crippen LogP contribution in [-0.4, -0.2) is 0 Å². The van der Waals surface area contributed by atoms with Crippen molar-refractivity contribution in [3.63, 3.8) is 0 Å². The Bertz CT molecular complexity index is 3170. The van der Waals surface area contributed by atoms with Gasteiger partial charge in [-0.2, -0.15) is 0 Å². The maximum Gasteiger partial charge on any atom is 0.136 e. The maximum atomic E-state index is 9.65. The molecule has 0 aliphatic rings. The predicted molar refractivity (Wildman–Crippen MR) is 212 cm³/mol. The van der Waals surface area contributed by atoms with E-state index in [-0.39, 0.29) is 53.4 Å². The second kappa shape index (κ2) is 11.6. The lowest BCUT2D eigenvalue weighted by Gasteiger charge is -2.18. The van der Waals surface area contributed by atoms with E-state index in [9.17, 15) is 5.48 Å². The molecule has 0 amide bonds. The van der Waals surface area contributed by atoms with E-state index in [1.165, 1.54) is 0 Å². The standard InChI is InChI=1S/C49H32O/c1-3-14-32(15-4-1)38-24-13-25-47-49(38)45-31-35(27-29-46(45)50-47)37-28-26-34(36-18-7-8-19-39(36)37)30-44-40-20-9-11-22-42(40)48(33-16-5-2-6-17-33)43-23-12-10-21-41(43)44/h1-29,31H,30H2/i7D,8D,18D,19D,26D,28D. The van der Waals surface area contributed by atoms with E-state index in [1.54, 1.807) is 0 Å². The predicted octanol–water partition coefficient (Wildman–Crippen LogP) is 13.6. The van der Waals surface area contributed by atoms with Gasteiger partial charge in [-0.25, -0.2) is 0 Å². The number of hydrogen-bond donors (Lipinski definition) is 0. The first-order chi connectivity index (χ1) is 27.3. The molecule has 10 aromatic rings. The zero-order valence-corrected chi connectivity index (χ0v) is 27.0. The van der Waals surface area contributed by atoms with Crippen LogP contribution in [0.3, 0.4) is 0 Å². The minimum Gasteiger partial charge on any atom is -0.456 e. The van der Waals surface area contributed by atoms with Gasteiger partial charge in [0.15, 0.2) is 0 Å². The van der Waals surface area contributed by atoms with Gasteiger partial charge in [-0.15, -0.1) is 0 Å². The quantitative estimate of drug-likeness (QED) is 0.170. The van der Waals surface area contributed by atoms with Crippen molar-refractivity contribution >= 4 is 54.3 Å². The highest BCUT2D eigenvalue weighted by Crippen LogP contribution is 2.43. The molecule has 0 aliphatic heterocycles. The molecule has 0 unspecified atom stereocenters. The molecule has 0 saturated carbocycles. The summed E-state index contributed by atoms with van der Waals surface area (Å²) in [6.45, 7) is 0. The van der Waals surface area contributed by atoms with E-state index >= 15 is 0 Å². The molecule has 9 aromatic carbocycles. The molecule has 0 spiro atoms. The summed E-state index contributed by atoms with van der Waals surface area (Å²) in [6.07, 6.45) is 0.186. The Morgan fingerprint density at radius 3 is 1.78 bits per heavy atom. The number of rotatable bonds is 5. The third-order valence-corrected chi connectivity index (χ3v) is 9.91. The second-order valence-electron chi connectivity index (χ2n) is 12.7. The largest absolute Gasteiger partial charge is 0.456 e. The van der Waals surface area contributed by atoms with Gasteiger partial charge in [-0.1, -0.05) is 164 Å². The Kier molecular flexibility index (Phi) is 5.34. The summed E-state index contributed by atoms with van der Waals surface area (Å²) in [6, 6.07) is 47.0. The molecule has 10 rings (SSSR count). The lowest BCUT2D eigenvalue weighted by atomic mass is 9.85. The van der Waals surface area contributed by atoms with Gasteiger partial charge >= 0.3 is 0 Å². The van der Waals surface area contributed by atoms with Crippen LogP contribution in [0, 0.1) is 0 Å². The average molecular weight is 643 g/mol. The van der Waals surface area contributed by atoms with Crippen molar-refractivity contribution in [3.05, 3.63) is 193 Å². The SMILES string of the molecule is [2H]c1c([2H])c([2H])c2c(-c3ccc4oc5cccc(-c6ccccc6)c5c4c3)c([2H])c([2H])c(Cc3c4ccccc4c(-c4ccccc4)c4ccccc34)c2c1[2H]. The summed E-state index contributed by atoms with van der Waals surface area (Å²) in [5.41, 5.74) is 7.78. The van der Waals surface area contributed by atoms with Crippen LogP contribution in [0.1, 0.15) is 19.4 Å². The van der Waals surface area contributed by atoms with Crippen LogP contribution in [0.2, 0.25) is 0 Å². The molecule has 0 aliphatic carbocycles. The van der Waals surface area contributed by atoms with Gasteiger partial charge in [-0.3, -0.25) is 0 Å². The van der Waals surface area contributed by atoms with E-state index in [0.29, 0.717) is 27.9 Å². The van der Waals surface area contributed by atoms with Crippen molar-refractivity contribution in [1.29, 1.82) is 0 Å². The lowest BCUT2D eigenvalue weighted by Crippen LogP contribution is -1.97. The van der Waals surface area contributed by atoms with Crippen LogP contribution in [0.4, 0.5) is 0 Å². The molecule has 0 fully saturated rings. The van der Waals surface area contributed by atoms with Gasteiger partial charge in [0.25, 0.3) is 0 Å². The van der Waals surface area contributed by atoms with Gasteiger partial charge in [0.05, 0.1) is 8.22 Å². The number of furan rings is 1. The minimum absolute atomic E-state index is 0.0695. The van der Waals surface area contributed by atoms with Crippen molar-refractivity contribution in [2.75, 3.05) is 0 Å². The normalized spacial score (nSPS) is 13.4. The van der Waals surface area contributed by atoms with Crippen molar-refractivity contribution in [3.8, 4) is 33.4 Å². The zero-order valence-electron chi connectivity index (χ0n) is 33.0. The molecule has 0 saturated heterocycles. The first kappa shape index (κ1) is 23.0. The molecule has 0 bridgehead atoms. The van der Waals surface area contributed by atoms with Gasteiger partial charge in [0.1, 0.15) is 11.2 Å². The van der Waals surface area contributed by atoms with Gasteiger partial charge in [0, 0.05) is 10.8 Å². The Morgan fingerprint density at radius 2 is 1.06 bits per heavy atom. The number of fused-ring (bicyclic) bond motifs is 6. The zero-order chi connectivity index (χ0) is 38.2. The number of hydrogen-bond acceptors (Lipinski definition) is 1. The monoisotopic (exact) mass is 642 g/mol. The summed E-state index contributed by atoms with van der Waals surface area (Å²) < 4.78 is 61.8. The highest BCUT2D eigenvalue weighted by atomic mass is 16.3. The molecule has 50 heavy (non-hydrogen) atoms. The fourth-order valence-electron chi connectivity index (χ4n) is 7.68. The lowest BCUT2D eigenvalue weighted by molar-refractivity contribution is 0.669. The van der Waals surface area contributed by atoms with Crippen LogP contribution in [-0.2, 0) is 6.42 Å². The molecule has 1 aromatic heterocycles. The summed E-state index contributed by atoms with van der Waals surface area (Å²) >= 11 is 0. The smallest absolute Gasteiger partial charge is 0.136 e. The van der Waals surface area contributed by atoms with Crippen LogP contribution in [0.5, 0.6) is 0 Å². The van der Waals surface area contributed by atoms with Crippen molar-refractivity contribution in [1.82, 2.24) is 0 Å². The van der Waals surface area contributed by atoms with Gasteiger partial charge in [-0.05, 0) is 101 Å². The highest BCUT2D eigenvalue weighted by Gasteiger charge is 2.18. The minimum atomic E-state index is -0.379. The summed E-state index contributed by atoms with van der Waals surface area (Å²) in [4.78, 5) is 0. The van der Waals surface area contributed by atoms with Crippen LogP contribution < -0.4 is 0 Å². The van der Waals surface area contributed by atoms with Crippen molar-refractivity contribution in [2.45, 2.75) is 6.42 Å². The number of benzene rings is 9. The fraction of sp³-hybridized carbons (Fsp3) is 0.0204. The molecule has 234 valence electrons. The first-order valence-corrected chi connectivity index (χ1v) is 16.8. The molecule has 0 radical (unpaired) electrons. The molecule has 0 atom stereocenters. The molecular weight excluding hydrogens is 605 g/mol. The molecule has 0 N–H and O–H groups in total. The molecule has 1 nitrogen and oxygen atoms in total. The Morgan fingerprint density at radius 1 is 0.420 bits per heavy atom. The van der Waals surface area contributed by atoms with Crippen LogP contribution in [0.15, 0.2) is 186 Å². The van der Waals surface area contributed by atoms with E-state index in [4.69, 9.17) is 7.16 Å². The topological polar surface area (TPSA) is 13.1 Å². The fourth-order valence-corrected chi connectivity index (χ4v) is 7.68. The Hall–Kier alpha value is -6.44. The highest BCUT2D eigenvalue weighted by molar-refractivity contribution is 6.16.